The third kappa shape index (κ3) is 3.92. The number of ether oxygens (including phenoxy) is 1. The fourth-order valence-electron chi connectivity index (χ4n) is 4.04. The third-order valence-corrected chi connectivity index (χ3v) is 5.82. The number of likely N-dealkylation sites (tertiary alicyclic amines) is 1. The molecule has 1 amide bonds. The predicted octanol–water partition coefficient (Wildman–Crippen LogP) is 3.04. The molecule has 0 spiro atoms. The molecule has 1 fully saturated rings. The Morgan fingerprint density at radius 1 is 1.00 bits per heavy atom. The van der Waals surface area contributed by atoms with Gasteiger partial charge in [-0.15, -0.1) is 0 Å². The number of aliphatic hydroxyl groups is 1. The number of aromatic nitrogens is 2. The van der Waals surface area contributed by atoms with Gasteiger partial charge in [-0.05, 0) is 54.6 Å². The lowest BCUT2D eigenvalue weighted by molar-refractivity contribution is -0.135. The summed E-state index contributed by atoms with van der Waals surface area (Å²) in [7, 11) is 0. The molecule has 3 N–H and O–H groups in total. The number of fused-ring (bicyclic) bond motifs is 2. The molecule has 0 bridgehead atoms. The summed E-state index contributed by atoms with van der Waals surface area (Å²) in [6.45, 7) is 1.08. The van der Waals surface area contributed by atoms with Crippen molar-refractivity contribution in [2.45, 2.75) is 18.9 Å². The highest BCUT2D eigenvalue weighted by Crippen LogP contribution is 2.27. The number of amides is 1. The molecular formula is C24H23N3O4. The molecule has 1 aliphatic heterocycles. The van der Waals surface area contributed by atoms with E-state index in [1.807, 2.05) is 48.5 Å². The first-order valence-corrected chi connectivity index (χ1v) is 10.4. The van der Waals surface area contributed by atoms with Crippen LogP contribution in [0.1, 0.15) is 12.8 Å². The molecule has 2 aromatic heterocycles. The molecule has 0 aliphatic carbocycles. The van der Waals surface area contributed by atoms with Gasteiger partial charge in [0, 0.05) is 29.5 Å². The minimum atomic E-state index is -0.315. The minimum Gasteiger partial charge on any atom is -0.484 e. The molecule has 0 atom stereocenters. The highest BCUT2D eigenvalue weighted by Gasteiger charge is 2.21. The number of para-hydroxylation sites is 1. The normalized spacial score (nSPS) is 14.9. The molecule has 1 saturated heterocycles. The van der Waals surface area contributed by atoms with Crippen LogP contribution in [-0.2, 0) is 4.79 Å². The Morgan fingerprint density at radius 3 is 2.61 bits per heavy atom. The molecule has 7 heteroatoms. The molecule has 0 radical (unpaired) electrons. The van der Waals surface area contributed by atoms with Crippen LogP contribution in [-0.4, -0.2) is 51.7 Å². The zero-order chi connectivity index (χ0) is 21.4. The first-order chi connectivity index (χ1) is 15.1. The average molecular weight is 417 g/mol. The Labute approximate surface area is 178 Å². The van der Waals surface area contributed by atoms with Crippen LogP contribution in [0.15, 0.2) is 59.4 Å². The fourth-order valence-corrected chi connectivity index (χ4v) is 4.04. The number of pyridine rings is 1. The summed E-state index contributed by atoms with van der Waals surface area (Å²) >= 11 is 0. The molecule has 7 nitrogen and oxygen atoms in total. The van der Waals surface area contributed by atoms with Crippen LogP contribution in [0, 0.1) is 0 Å². The predicted molar refractivity (Wildman–Crippen MR) is 119 cm³/mol. The van der Waals surface area contributed by atoms with Crippen LogP contribution >= 0.6 is 0 Å². The number of rotatable bonds is 4. The van der Waals surface area contributed by atoms with Crippen molar-refractivity contribution in [3.05, 3.63) is 65.0 Å². The van der Waals surface area contributed by atoms with Gasteiger partial charge in [0.05, 0.1) is 17.4 Å². The van der Waals surface area contributed by atoms with Crippen molar-refractivity contribution in [1.29, 1.82) is 0 Å². The summed E-state index contributed by atoms with van der Waals surface area (Å²) in [5, 5.41) is 11.4. The molecule has 31 heavy (non-hydrogen) atoms. The summed E-state index contributed by atoms with van der Waals surface area (Å²) in [5.74, 6) is 0.514. The molecule has 5 rings (SSSR count). The van der Waals surface area contributed by atoms with Gasteiger partial charge >= 0.3 is 0 Å². The summed E-state index contributed by atoms with van der Waals surface area (Å²) in [6, 6.07) is 17.0. The summed E-state index contributed by atoms with van der Waals surface area (Å²) in [6.07, 6.45) is 0.903. The Kier molecular flexibility index (Phi) is 4.95. The SMILES string of the molecule is O=C(COc1ccc2[nH]c(-c3cc4ccccc4[nH]c3=O)cc2c1)N1CCC(O)CC1. The Balaban J connectivity index is 1.35. The minimum absolute atomic E-state index is 0.0385. The first-order valence-electron chi connectivity index (χ1n) is 10.4. The number of benzene rings is 2. The van der Waals surface area contributed by atoms with Crippen molar-refractivity contribution < 1.29 is 14.6 Å². The van der Waals surface area contributed by atoms with Crippen LogP contribution in [0.25, 0.3) is 33.1 Å². The van der Waals surface area contributed by atoms with Gasteiger partial charge < -0.3 is 24.7 Å². The lowest BCUT2D eigenvalue weighted by Gasteiger charge is -2.29. The molecule has 4 aromatic rings. The van der Waals surface area contributed by atoms with Crippen molar-refractivity contribution in [2.75, 3.05) is 19.7 Å². The fraction of sp³-hybridized carbons (Fsp3) is 0.250. The third-order valence-electron chi connectivity index (χ3n) is 5.82. The van der Waals surface area contributed by atoms with E-state index in [0.29, 0.717) is 37.2 Å². The molecule has 158 valence electrons. The monoisotopic (exact) mass is 417 g/mol. The number of H-pyrrole nitrogens is 2. The van der Waals surface area contributed by atoms with E-state index in [2.05, 4.69) is 9.97 Å². The standard InChI is InChI=1S/C24H23N3O4/c28-17-7-9-27(10-8-17)23(29)14-31-18-5-6-21-16(11-18)13-22(25-21)19-12-15-3-1-2-4-20(15)26-24(19)30/h1-6,11-13,17,25,28H,7-10,14H2,(H,26,30). The highest BCUT2D eigenvalue weighted by atomic mass is 16.5. The number of aromatic amines is 2. The molecule has 0 saturated carbocycles. The summed E-state index contributed by atoms with van der Waals surface area (Å²) in [4.78, 5) is 32.9. The number of hydrogen-bond donors (Lipinski definition) is 3. The zero-order valence-electron chi connectivity index (χ0n) is 16.9. The van der Waals surface area contributed by atoms with Crippen molar-refractivity contribution in [3.8, 4) is 17.0 Å². The van der Waals surface area contributed by atoms with Gasteiger partial charge in [0.2, 0.25) is 0 Å². The lowest BCUT2D eigenvalue weighted by atomic mass is 10.1. The van der Waals surface area contributed by atoms with Crippen LogP contribution < -0.4 is 10.3 Å². The molecular weight excluding hydrogens is 394 g/mol. The molecule has 1 aliphatic rings. The molecule has 0 unspecified atom stereocenters. The number of carbonyl (C=O) groups is 1. The quantitative estimate of drug-likeness (QED) is 0.475. The maximum absolute atomic E-state index is 12.6. The van der Waals surface area contributed by atoms with Crippen LogP contribution in [0.4, 0.5) is 0 Å². The van der Waals surface area contributed by atoms with E-state index in [4.69, 9.17) is 4.74 Å². The average Bonchev–Trinajstić information content (AvgIpc) is 3.20. The van der Waals surface area contributed by atoms with E-state index in [1.54, 1.807) is 11.0 Å². The van der Waals surface area contributed by atoms with Crippen LogP contribution in [0.2, 0.25) is 0 Å². The zero-order valence-corrected chi connectivity index (χ0v) is 16.9. The van der Waals surface area contributed by atoms with Gasteiger partial charge in [-0.2, -0.15) is 0 Å². The number of hydrogen-bond acceptors (Lipinski definition) is 4. The first kappa shape index (κ1) is 19.4. The van der Waals surface area contributed by atoms with Crippen molar-refractivity contribution in [3.63, 3.8) is 0 Å². The van der Waals surface area contributed by atoms with Gasteiger partial charge in [-0.1, -0.05) is 18.2 Å². The smallest absolute Gasteiger partial charge is 0.260 e. The summed E-state index contributed by atoms with van der Waals surface area (Å²) in [5.41, 5.74) is 2.82. The Morgan fingerprint density at radius 2 is 1.77 bits per heavy atom. The number of nitrogens with zero attached hydrogens (tertiary/aromatic N) is 1. The second-order valence-corrected chi connectivity index (χ2v) is 7.93. The molecule has 2 aromatic carbocycles. The largest absolute Gasteiger partial charge is 0.484 e. The number of aliphatic hydroxyl groups excluding tert-OH is 1. The van der Waals surface area contributed by atoms with Crippen LogP contribution in [0.3, 0.4) is 0 Å². The van der Waals surface area contributed by atoms with Crippen molar-refractivity contribution in [2.24, 2.45) is 0 Å². The van der Waals surface area contributed by atoms with Crippen molar-refractivity contribution >= 4 is 27.7 Å². The topological polar surface area (TPSA) is 98.4 Å². The van der Waals surface area contributed by atoms with Gasteiger partial charge in [-0.3, -0.25) is 9.59 Å². The van der Waals surface area contributed by atoms with Crippen molar-refractivity contribution in [1.82, 2.24) is 14.9 Å². The van der Waals surface area contributed by atoms with E-state index in [1.165, 1.54) is 0 Å². The Hall–Kier alpha value is -3.58. The number of nitrogens with one attached hydrogen (secondary N) is 2. The van der Waals surface area contributed by atoms with E-state index in [-0.39, 0.29) is 24.2 Å². The van der Waals surface area contributed by atoms with Gasteiger partial charge in [0.15, 0.2) is 6.61 Å². The maximum Gasteiger partial charge on any atom is 0.260 e. The van der Waals surface area contributed by atoms with Crippen LogP contribution in [0.5, 0.6) is 5.75 Å². The Bertz CT molecular complexity index is 1320. The van der Waals surface area contributed by atoms with E-state index < -0.39 is 0 Å². The van der Waals surface area contributed by atoms with E-state index in [9.17, 15) is 14.7 Å². The van der Waals surface area contributed by atoms with E-state index in [0.717, 1.165) is 27.5 Å². The number of piperidine rings is 1. The summed E-state index contributed by atoms with van der Waals surface area (Å²) < 4.78 is 5.72. The lowest BCUT2D eigenvalue weighted by Crippen LogP contribution is -2.42. The second kappa shape index (κ2) is 7.92. The van der Waals surface area contributed by atoms with E-state index >= 15 is 0 Å². The highest BCUT2D eigenvalue weighted by molar-refractivity contribution is 5.89. The maximum atomic E-state index is 12.6. The molecule has 3 heterocycles. The second-order valence-electron chi connectivity index (χ2n) is 7.93. The van der Waals surface area contributed by atoms with Gasteiger partial charge in [0.1, 0.15) is 5.75 Å². The van der Waals surface area contributed by atoms with Gasteiger partial charge in [0.25, 0.3) is 11.5 Å². The van der Waals surface area contributed by atoms with Gasteiger partial charge in [-0.25, -0.2) is 0 Å². The number of carbonyl (C=O) groups excluding carboxylic acids is 1.